The van der Waals surface area contributed by atoms with Crippen LogP contribution in [-0.4, -0.2) is 40.8 Å². The minimum Gasteiger partial charge on any atom is -0.393 e. The lowest BCUT2D eigenvalue weighted by atomic mass is 10.2. The van der Waals surface area contributed by atoms with Crippen molar-refractivity contribution in [1.29, 1.82) is 0 Å². The van der Waals surface area contributed by atoms with Gasteiger partial charge in [-0.25, -0.2) is 0 Å². The van der Waals surface area contributed by atoms with E-state index in [1.54, 1.807) is 12.2 Å². The van der Waals surface area contributed by atoms with E-state index in [2.05, 4.69) is 13.2 Å². The summed E-state index contributed by atoms with van der Waals surface area (Å²) in [6, 6.07) is 9.99. The zero-order valence-corrected chi connectivity index (χ0v) is 13.8. The molecule has 0 heterocycles. The summed E-state index contributed by atoms with van der Waals surface area (Å²) in [5.74, 6) is 0. The van der Waals surface area contributed by atoms with Crippen LogP contribution in [0, 0.1) is 0 Å². The predicted molar refractivity (Wildman–Crippen MR) is 95.9 cm³/mol. The third-order valence-electron chi connectivity index (χ3n) is 3.17. The largest absolute Gasteiger partial charge is 0.393 e. The maximum absolute atomic E-state index is 10.1. The zero-order chi connectivity index (χ0) is 16.2. The van der Waals surface area contributed by atoms with Gasteiger partial charge in [-0.3, -0.25) is 0 Å². The fraction of sp³-hybridized carbons (Fsp3) is 0.389. The molecule has 22 heavy (non-hydrogen) atoms. The highest BCUT2D eigenvalue weighted by Gasteiger charge is 2.12. The Balaban J connectivity index is 2.24. The average molecular weight is 319 g/mol. The van der Waals surface area contributed by atoms with Gasteiger partial charge in [0.1, 0.15) is 0 Å². The Morgan fingerprint density at radius 2 is 1.86 bits per heavy atom. The molecule has 0 saturated carbocycles. The molecule has 120 valence electrons. The van der Waals surface area contributed by atoms with E-state index in [0.717, 1.165) is 10.6 Å². The molecule has 3 nitrogen and oxygen atoms in total. The number of benzene rings is 1. The van der Waals surface area contributed by atoms with E-state index in [-0.39, 0.29) is 0 Å². The molecule has 1 N–H and O–H groups in total. The van der Waals surface area contributed by atoms with Gasteiger partial charge in [0.05, 0.1) is 17.7 Å². The lowest BCUT2D eigenvalue weighted by molar-refractivity contribution is 0.0755. The molecule has 1 aromatic rings. The molecule has 4 heteroatoms. The van der Waals surface area contributed by atoms with Crippen molar-refractivity contribution in [3.8, 4) is 0 Å². The van der Waals surface area contributed by atoms with Gasteiger partial charge in [-0.2, -0.15) is 0 Å². The highest BCUT2D eigenvalue weighted by molar-refractivity contribution is 7.80. The van der Waals surface area contributed by atoms with Crippen molar-refractivity contribution in [2.75, 3.05) is 19.7 Å². The van der Waals surface area contributed by atoms with Crippen LogP contribution in [0.1, 0.15) is 18.4 Å². The Hall–Kier alpha value is -1.49. The third-order valence-corrected chi connectivity index (χ3v) is 3.59. The number of hydrogen-bond donors (Lipinski definition) is 1. The molecule has 0 aliphatic rings. The number of ether oxygens (including phenoxy) is 1. The van der Waals surface area contributed by atoms with E-state index < -0.39 is 6.10 Å². The molecule has 1 atom stereocenters. The van der Waals surface area contributed by atoms with Crippen molar-refractivity contribution in [3.63, 3.8) is 0 Å². The molecular formula is C18H25NO2S. The van der Waals surface area contributed by atoms with Gasteiger partial charge in [0.2, 0.25) is 0 Å². The molecule has 0 fully saturated rings. The monoisotopic (exact) mass is 319 g/mol. The van der Waals surface area contributed by atoms with Crippen molar-refractivity contribution in [2.45, 2.75) is 25.6 Å². The van der Waals surface area contributed by atoms with Crippen molar-refractivity contribution in [2.24, 2.45) is 0 Å². The van der Waals surface area contributed by atoms with Gasteiger partial charge < -0.3 is 14.7 Å². The van der Waals surface area contributed by atoms with Crippen LogP contribution < -0.4 is 0 Å². The van der Waals surface area contributed by atoms with Crippen molar-refractivity contribution >= 4 is 17.2 Å². The van der Waals surface area contributed by atoms with Gasteiger partial charge in [-0.05, 0) is 12.0 Å². The number of nitrogens with zero attached hydrogens (tertiary/aromatic N) is 1. The standard InChI is InChI=1S/C18H25NO2S/c1-3-11-19(12-4-2)18(22)14-17(20)10-13-21-15-16-8-6-5-7-9-16/h3-9,17,20H,1-2,10-15H2/t17-/m1/s1. The second-order valence-corrected chi connectivity index (χ2v) is 5.53. The average Bonchev–Trinajstić information content (AvgIpc) is 2.52. The van der Waals surface area contributed by atoms with Crippen molar-refractivity contribution in [3.05, 3.63) is 61.2 Å². The topological polar surface area (TPSA) is 32.7 Å². The summed E-state index contributed by atoms with van der Waals surface area (Å²) in [5, 5.41) is 10.1. The number of aliphatic hydroxyl groups is 1. The third kappa shape index (κ3) is 7.50. The number of hydrogen-bond acceptors (Lipinski definition) is 3. The maximum atomic E-state index is 10.1. The first-order valence-corrected chi connectivity index (χ1v) is 7.87. The van der Waals surface area contributed by atoms with Crippen LogP contribution in [0.5, 0.6) is 0 Å². The lowest BCUT2D eigenvalue weighted by Gasteiger charge is -2.24. The van der Waals surface area contributed by atoms with Crippen LogP contribution in [0.2, 0.25) is 0 Å². The second kappa shape index (κ2) is 11.1. The van der Waals surface area contributed by atoms with Crippen LogP contribution in [0.15, 0.2) is 55.6 Å². The molecule has 0 amide bonds. The molecule has 0 unspecified atom stereocenters. The SMILES string of the molecule is C=CCN(CC=C)C(=S)C[C@H](O)CCOCc1ccccc1. The minimum atomic E-state index is -0.486. The van der Waals surface area contributed by atoms with E-state index >= 15 is 0 Å². The van der Waals surface area contributed by atoms with E-state index in [1.165, 1.54) is 0 Å². The second-order valence-electron chi connectivity index (χ2n) is 5.06. The Bertz CT molecular complexity index is 451. The first kappa shape index (κ1) is 18.6. The van der Waals surface area contributed by atoms with E-state index in [9.17, 15) is 5.11 Å². The van der Waals surface area contributed by atoms with E-state index in [4.69, 9.17) is 17.0 Å². The molecule has 0 bridgehead atoms. The maximum Gasteiger partial charge on any atom is 0.0810 e. The van der Waals surface area contributed by atoms with Crippen LogP contribution >= 0.6 is 12.2 Å². The highest BCUT2D eigenvalue weighted by atomic mass is 32.1. The molecular weight excluding hydrogens is 294 g/mol. The molecule has 0 radical (unpaired) electrons. The first-order valence-electron chi connectivity index (χ1n) is 7.46. The molecule has 0 aromatic heterocycles. The summed E-state index contributed by atoms with van der Waals surface area (Å²) in [4.78, 5) is 2.71. The quantitative estimate of drug-likeness (QED) is 0.385. The first-order chi connectivity index (χ1) is 10.7. The van der Waals surface area contributed by atoms with Gasteiger partial charge in [0, 0.05) is 26.1 Å². The van der Waals surface area contributed by atoms with E-state index in [1.807, 2.05) is 35.2 Å². The number of aliphatic hydroxyl groups excluding tert-OH is 1. The summed E-state index contributed by atoms with van der Waals surface area (Å²) in [5.41, 5.74) is 1.13. The molecule has 1 aromatic carbocycles. The zero-order valence-electron chi connectivity index (χ0n) is 13.0. The summed E-state index contributed by atoms with van der Waals surface area (Å²) >= 11 is 5.37. The summed E-state index contributed by atoms with van der Waals surface area (Å²) in [7, 11) is 0. The summed E-state index contributed by atoms with van der Waals surface area (Å²) in [6.07, 6.45) is 4.14. The number of rotatable bonds is 11. The normalized spacial score (nSPS) is 11.7. The van der Waals surface area contributed by atoms with Gasteiger partial charge in [0.25, 0.3) is 0 Å². The molecule has 0 saturated heterocycles. The van der Waals surface area contributed by atoms with Crippen LogP contribution in [0.25, 0.3) is 0 Å². The molecule has 0 spiro atoms. The fourth-order valence-corrected chi connectivity index (χ4v) is 2.35. The Morgan fingerprint density at radius 1 is 1.23 bits per heavy atom. The predicted octanol–water partition coefficient (Wildman–Crippen LogP) is 3.35. The molecule has 0 aliphatic heterocycles. The summed E-state index contributed by atoms with van der Waals surface area (Å²) < 4.78 is 5.58. The minimum absolute atomic E-state index is 0.464. The van der Waals surface area contributed by atoms with Crippen LogP contribution in [0.3, 0.4) is 0 Å². The summed E-state index contributed by atoms with van der Waals surface area (Å²) in [6.45, 7) is 9.85. The molecule has 1 rings (SSSR count). The Kier molecular flexibility index (Phi) is 9.39. The Morgan fingerprint density at radius 3 is 2.45 bits per heavy atom. The van der Waals surface area contributed by atoms with Gasteiger partial charge in [-0.15, -0.1) is 13.2 Å². The number of thiocarbonyl (C=S) groups is 1. The van der Waals surface area contributed by atoms with Crippen molar-refractivity contribution < 1.29 is 9.84 Å². The highest BCUT2D eigenvalue weighted by Crippen LogP contribution is 2.07. The van der Waals surface area contributed by atoms with E-state index in [0.29, 0.717) is 39.1 Å². The van der Waals surface area contributed by atoms with Crippen molar-refractivity contribution in [1.82, 2.24) is 4.90 Å². The Labute approximate surface area is 138 Å². The van der Waals surface area contributed by atoms with Crippen LogP contribution in [0.4, 0.5) is 0 Å². The van der Waals surface area contributed by atoms with Gasteiger partial charge in [0.15, 0.2) is 0 Å². The lowest BCUT2D eigenvalue weighted by Crippen LogP contribution is -2.32. The van der Waals surface area contributed by atoms with Gasteiger partial charge >= 0.3 is 0 Å². The molecule has 0 aliphatic carbocycles. The van der Waals surface area contributed by atoms with Gasteiger partial charge in [-0.1, -0.05) is 54.7 Å². The fourth-order valence-electron chi connectivity index (χ4n) is 2.01. The smallest absolute Gasteiger partial charge is 0.0810 e. The van der Waals surface area contributed by atoms with Crippen LogP contribution in [-0.2, 0) is 11.3 Å².